The molecule has 1 aliphatic heterocycles. The number of nitrogens with zero attached hydrogens (tertiary/aromatic N) is 2. The van der Waals surface area contributed by atoms with E-state index in [1.807, 2.05) is 0 Å². The lowest BCUT2D eigenvalue weighted by molar-refractivity contribution is -0.137. The number of hydrogen-bond donors (Lipinski definition) is 1. The van der Waals surface area contributed by atoms with Crippen LogP contribution in [0.2, 0.25) is 0 Å². The monoisotopic (exact) mass is 359 g/mol. The van der Waals surface area contributed by atoms with Crippen molar-refractivity contribution in [1.82, 2.24) is 15.1 Å². The third kappa shape index (κ3) is 2.94. The molecular weight excluding hydrogens is 343 g/mol. The number of aromatic nitrogens is 2. The Morgan fingerprint density at radius 3 is 2.62 bits per heavy atom. The largest absolute Gasteiger partial charge is 0.416 e. The molecule has 26 heavy (non-hydrogen) atoms. The lowest BCUT2D eigenvalue weighted by Gasteiger charge is -2.16. The van der Waals surface area contributed by atoms with Crippen molar-refractivity contribution >= 4 is 16.8 Å². The molecule has 2 aromatic carbocycles. The van der Waals surface area contributed by atoms with Gasteiger partial charge in [-0.15, -0.1) is 0 Å². The average molecular weight is 359 g/mol. The molecule has 4 nitrogen and oxygen atoms in total. The van der Waals surface area contributed by atoms with Crippen LogP contribution in [0, 0.1) is 0 Å². The number of fused-ring (bicyclic) bond motifs is 1. The Morgan fingerprint density at radius 1 is 1.12 bits per heavy atom. The standard InChI is InChI=1S/C19H16F3N3O/c20-19(21,22)14-9-15(16-11-23-24-17(16)10-14)12-4-3-5-13(8-12)18(26)25-6-1-2-7-25/h3-5,8-11H,1-2,6-7H2,(H,23,24). The number of carbonyl (C=O) groups is 1. The molecule has 0 saturated carbocycles. The van der Waals surface area contributed by atoms with Crippen LogP contribution in [0.3, 0.4) is 0 Å². The van der Waals surface area contributed by atoms with E-state index in [-0.39, 0.29) is 5.91 Å². The smallest absolute Gasteiger partial charge is 0.339 e. The fourth-order valence-corrected chi connectivity index (χ4v) is 3.38. The molecule has 0 atom stereocenters. The Morgan fingerprint density at radius 2 is 1.88 bits per heavy atom. The van der Waals surface area contributed by atoms with E-state index in [1.54, 1.807) is 29.2 Å². The molecule has 134 valence electrons. The molecule has 0 unspecified atom stereocenters. The number of benzene rings is 2. The normalized spacial score (nSPS) is 15.0. The molecule has 1 aliphatic rings. The second-order valence-corrected chi connectivity index (χ2v) is 6.43. The maximum atomic E-state index is 13.2. The first-order valence-corrected chi connectivity index (χ1v) is 8.37. The van der Waals surface area contributed by atoms with Gasteiger partial charge in [0.1, 0.15) is 0 Å². The molecule has 3 aromatic rings. The van der Waals surface area contributed by atoms with E-state index in [0.29, 0.717) is 27.6 Å². The zero-order valence-electron chi connectivity index (χ0n) is 13.8. The zero-order valence-corrected chi connectivity index (χ0v) is 13.8. The minimum Gasteiger partial charge on any atom is -0.339 e. The van der Waals surface area contributed by atoms with Crippen LogP contribution in [-0.4, -0.2) is 34.1 Å². The van der Waals surface area contributed by atoms with Gasteiger partial charge >= 0.3 is 6.18 Å². The van der Waals surface area contributed by atoms with Crippen LogP contribution in [0.15, 0.2) is 42.6 Å². The number of carbonyl (C=O) groups excluding carboxylic acids is 1. The number of rotatable bonds is 2. The number of nitrogens with one attached hydrogen (secondary N) is 1. The Kier molecular flexibility index (Phi) is 3.94. The van der Waals surface area contributed by atoms with E-state index in [0.717, 1.165) is 38.1 Å². The molecule has 0 spiro atoms. The van der Waals surface area contributed by atoms with E-state index in [2.05, 4.69) is 10.2 Å². The molecule has 1 saturated heterocycles. The van der Waals surface area contributed by atoms with Gasteiger partial charge in [-0.05, 0) is 48.2 Å². The number of halogens is 3. The molecule has 4 rings (SSSR count). The fourth-order valence-electron chi connectivity index (χ4n) is 3.38. The van der Waals surface area contributed by atoms with E-state index in [1.165, 1.54) is 6.20 Å². The van der Waals surface area contributed by atoms with Crippen LogP contribution in [0.25, 0.3) is 22.0 Å². The first kappa shape index (κ1) is 16.6. The van der Waals surface area contributed by atoms with Crippen molar-refractivity contribution in [3.05, 3.63) is 53.7 Å². The zero-order chi connectivity index (χ0) is 18.3. The summed E-state index contributed by atoms with van der Waals surface area (Å²) in [6.07, 6.45) is -1.000. The lowest BCUT2D eigenvalue weighted by atomic mass is 9.97. The van der Waals surface area contributed by atoms with Gasteiger partial charge in [0.15, 0.2) is 0 Å². The number of hydrogen-bond acceptors (Lipinski definition) is 2. The fraction of sp³-hybridized carbons (Fsp3) is 0.263. The number of likely N-dealkylation sites (tertiary alicyclic amines) is 1. The van der Waals surface area contributed by atoms with Crippen LogP contribution in [0.5, 0.6) is 0 Å². The molecule has 1 N–H and O–H groups in total. The van der Waals surface area contributed by atoms with Crippen LogP contribution < -0.4 is 0 Å². The van der Waals surface area contributed by atoms with Crippen molar-refractivity contribution in [3.63, 3.8) is 0 Å². The molecule has 7 heteroatoms. The van der Waals surface area contributed by atoms with Crippen molar-refractivity contribution in [2.24, 2.45) is 0 Å². The van der Waals surface area contributed by atoms with Gasteiger partial charge in [0.25, 0.3) is 5.91 Å². The Bertz CT molecular complexity index is 972. The summed E-state index contributed by atoms with van der Waals surface area (Å²) in [5.74, 6) is -0.0836. The molecule has 0 bridgehead atoms. The van der Waals surface area contributed by atoms with Gasteiger partial charge in [0, 0.05) is 24.0 Å². The van der Waals surface area contributed by atoms with Crippen LogP contribution >= 0.6 is 0 Å². The summed E-state index contributed by atoms with van der Waals surface area (Å²) < 4.78 is 39.7. The summed E-state index contributed by atoms with van der Waals surface area (Å²) in [7, 11) is 0. The summed E-state index contributed by atoms with van der Waals surface area (Å²) >= 11 is 0. The van der Waals surface area contributed by atoms with Gasteiger partial charge in [-0.25, -0.2) is 0 Å². The molecule has 0 radical (unpaired) electrons. The highest BCUT2D eigenvalue weighted by atomic mass is 19.4. The first-order chi connectivity index (χ1) is 12.4. The first-order valence-electron chi connectivity index (χ1n) is 8.37. The third-order valence-corrected chi connectivity index (χ3v) is 4.70. The van der Waals surface area contributed by atoms with E-state index < -0.39 is 11.7 Å². The topological polar surface area (TPSA) is 49.0 Å². The van der Waals surface area contributed by atoms with Gasteiger partial charge in [-0.1, -0.05) is 12.1 Å². The lowest BCUT2D eigenvalue weighted by Crippen LogP contribution is -2.27. The number of amides is 1. The predicted octanol–water partition coefficient (Wildman–Crippen LogP) is 4.48. The van der Waals surface area contributed by atoms with Gasteiger partial charge in [0.05, 0.1) is 17.3 Å². The number of aromatic amines is 1. The Hall–Kier alpha value is -2.83. The minimum absolute atomic E-state index is 0.0836. The second-order valence-electron chi connectivity index (χ2n) is 6.43. The maximum absolute atomic E-state index is 13.2. The quantitative estimate of drug-likeness (QED) is 0.733. The van der Waals surface area contributed by atoms with Crippen LogP contribution in [0.1, 0.15) is 28.8 Å². The molecule has 1 aromatic heterocycles. The predicted molar refractivity (Wildman–Crippen MR) is 91.7 cm³/mol. The summed E-state index contributed by atoms with van der Waals surface area (Å²) in [4.78, 5) is 14.4. The highest BCUT2D eigenvalue weighted by Gasteiger charge is 2.32. The van der Waals surface area contributed by atoms with E-state index >= 15 is 0 Å². The summed E-state index contributed by atoms with van der Waals surface area (Å²) in [6, 6.07) is 8.92. The number of H-pyrrole nitrogens is 1. The van der Waals surface area contributed by atoms with Crippen molar-refractivity contribution in [3.8, 4) is 11.1 Å². The summed E-state index contributed by atoms with van der Waals surface area (Å²) in [5.41, 5.74) is 1.01. The Labute approximate surface area is 147 Å². The van der Waals surface area contributed by atoms with Crippen molar-refractivity contribution in [2.45, 2.75) is 19.0 Å². The molecule has 1 amide bonds. The summed E-state index contributed by atoms with van der Waals surface area (Å²) in [5, 5.41) is 7.05. The van der Waals surface area contributed by atoms with Crippen molar-refractivity contribution < 1.29 is 18.0 Å². The van der Waals surface area contributed by atoms with Crippen molar-refractivity contribution in [2.75, 3.05) is 13.1 Å². The van der Waals surface area contributed by atoms with Gasteiger partial charge in [-0.3, -0.25) is 9.89 Å². The number of alkyl halides is 3. The molecular formula is C19H16F3N3O. The highest BCUT2D eigenvalue weighted by Crippen LogP contribution is 2.36. The van der Waals surface area contributed by atoms with Crippen LogP contribution in [-0.2, 0) is 6.18 Å². The van der Waals surface area contributed by atoms with Crippen molar-refractivity contribution in [1.29, 1.82) is 0 Å². The Balaban J connectivity index is 1.81. The molecule has 0 aliphatic carbocycles. The highest BCUT2D eigenvalue weighted by molar-refractivity contribution is 5.99. The molecule has 1 fully saturated rings. The van der Waals surface area contributed by atoms with Gasteiger partial charge < -0.3 is 4.90 Å². The maximum Gasteiger partial charge on any atom is 0.416 e. The second kappa shape index (κ2) is 6.16. The minimum atomic E-state index is -4.46. The SMILES string of the molecule is O=C(c1cccc(-c2cc(C(F)(F)F)cc3[nH]ncc23)c1)N1CCCC1. The summed E-state index contributed by atoms with van der Waals surface area (Å²) in [6.45, 7) is 1.44. The third-order valence-electron chi connectivity index (χ3n) is 4.70. The van der Waals surface area contributed by atoms with E-state index in [4.69, 9.17) is 0 Å². The van der Waals surface area contributed by atoms with Crippen LogP contribution in [0.4, 0.5) is 13.2 Å². The average Bonchev–Trinajstić information content (AvgIpc) is 3.31. The van der Waals surface area contributed by atoms with E-state index in [9.17, 15) is 18.0 Å². The molecule has 2 heterocycles. The van der Waals surface area contributed by atoms with Gasteiger partial charge in [-0.2, -0.15) is 18.3 Å². The van der Waals surface area contributed by atoms with Gasteiger partial charge in [0.2, 0.25) is 0 Å².